The number of benzene rings is 1. The average Bonchev–Trinajstić information content (AvgIpc) is 3.31. The van der Waals surface area contributed by atoms with Crippen LogP contribution in [0, 0.1) is 0 Å². The number of nitrogens with zero attached hydrogens (tertiary/aromatic N) is 5. The number of aromatic nitrogens is 6. The quantitative estimate of drug-likeness (QED) is 0.563. The fraction of sp³-hybridized carbons (Fsp3) is 0.125. The van der Waals surface area contributed by atoms with Crippen molar-refractivity contribution in [3.8, 4) is 22.8 Å². The Balaban J connectivity index is 1.72. The molecule has 1 aromatic carbocycles. The van der Waals surface area contributed by atoms with Crippen LogP contribution in [0.3, 0.4) is 0 Å². The topological polar surface area (TPSA) is 120 Å². The van der Waals surface area contributed by atoms with Crippen LogP contribution >= 0.6 is 0 Å². The first kappa shape index (κ1) is 14.9. The summed E-state index contributed by atoms with van der Waals surface area (Å²) in [5.41, 5.74) is 2.86. The fourth-order valence-corrected chi connectivity index (χ4v) is 2.35. The third kappa shape index (κ3) is 2.82. The summed E-state index contributed by atoms with van der Waals surface area (Å²) in [7, 11) is 0. The Kier molecular flexibility index (Phi) is 3.65. The van der Waals surface area contributed by atoms with Crippen LogP contribution in [0.1, 0.15) is 17.4 Å². The Hall–Kier alpha value is -3.62. The van der Waals surface area contributed by atoms with Crippen molar-refractivity contribution >= 4 is 17.1 Å². The SMILES string of the molecule is CCOC(=O)c1cc(-c2nc3cc(-c4nn[nH]n4)ccc3o2)ccn1. The van der Waals surface area contributed by atoms with Gasteiger partial charge in [0.2, 0.25) is 11.7 Å². The Labute approximate surface area is 141 Å². The molecular formula is C16H12N6O3. The van der Waals surface area contributed by atoms with E-state index < -0.39 is 5.97 Å². The van der Waals surface area contributed by atoms with Gasteiger partial charge in [-0.2, -0.15) is 5.21 Å². The van der Waals surface area contributed by atoms with Gasteiger partial charge in [-0.05, 0) is 42.5 Å². The van der Waals surface area contributed by atoms with Gasteiger partial charge in [-0.1, -0.05) is 0 Å². The van der Waals surface area contributed by atoms with E-state index in [0.717, 1.165) is 5.56 Å². The predicted octanol–water partition coefficient (Wildman–Crippen LogP) is 2.25. The van der Waals surface area contributed by atoms with Crippen molar-refractivity contribution in [2.75, 3.05) is 6.61 Å². The van der Waals surface area contributed by atoms with Gasteiger partial charge in [0.25, 0.3) is 0 Å². The molecule has 9 heteroatoms. The number of ether oxygens (including phenoxy) is 1. The number of H-pyrrole nitrogens is 1. The lowest BCUT2D eigenvalue weighted by atomic mass is 10.2. The van der Waals surface area contributed by atoms with Gasteiger partial charge in [0, 0.05) is 17.3 Å². The minimum atomic E-state index is -0.486. The molecule has 0 unspecified atom stereocenters. The lowest BCUT2D eigenvalue weighted by molar-refractivity contribution is 0.0519. The molecule has 9 nitrogen and oxygen atoms in total. The minimum absolute atomic E-state index is 0.203. The molecule has 124 valence electrons. The number of carbonyl (C=O) groups excluding carboxylic acids is 1. The fourth-order valence-electron chi connectivity index (χ4n) is 2.35. The van der Waals surface area contributed by atoms with Gasteiger partial charge in [0.05, 0.1) is 6.61 Å². The van der Waals surface area contributed by atoms with Gasteiger partial charge in [-0.3, -0.25) is 0 Å². The van der Waals surface area contributed by atoms with Crippen molar-refractivity contribution in [2.45, 2.75) is 6.92 Å². The molecule has 0 spiro atoms. The molecule has 4 rings (SSSR count). The van der Waals surface area contributed by atoms with E-state index in [-0.39, 0.29) is 12.3 Å². The summed E-state index contributed by atoms with van der Waals surface area (Å²) in [5.74, 6) is 0.369. The van der Waals surface area contributed by atoms with Crippen LogP contribution in [-0.4, -0.2) is 43.2 Å². The maximum atomic E-state index is 11.8. The molecule has 0 aliphatic carbocycles. The first-order chi connectivity index (χ1) is 12.2. The molecule has 0 fully saturated rings. The lowest BCUT2D eigenvalue weighted by Gasteiger charge is -2.01. The number of rotatable bonds is 4. The Morgan fingerprint density at radius 3 is 2.96 bits per heavy atom. The number of pyridine rings is 1. The summed E-state index contributed by atoms with van der Waals surface area (Å²) in [6, 6.07) is 8.71. The molecule has 0 aliphatic rings. The van der Waals surface area contributed by atoms with E-state index in [1.54, 1.807) is 31.2 Å². The van der Waals surface area contributed by atoms with Crippen LogP contribution in [0.4, 0.5) is 0 Å². The van der Waals surface area contributed by atoms with Gasteiger partial charge in [0.1, 0.15) is 11.2 Å². The van der Waals surface area contributed by atoms with Crippen molar-refractivity contribution in [3.63, 3.8) is 0 Å². The maximum absolute atomic E-state index is 11.8. The summed E-state index contributed by atoms with van der Waals surface area (Å²) < 4.78 is 10.7. The zero-order valence-electron chi connectivity index (χ0n) is 13.1. The van der Waals surface area contributed by atoms with Crippen LogP contribution in [0.2, 0.25) is 0 Å². The van der Waals surface area contributed by atoms with E-state index in [2.05, 4.69) is 30.6 Å². The molecule has 0 saturated heterocycles. The second kappa shape index (κ2) is 6.11. The van der Waals surface area contributed by atoms with E-state index in [1.807, 2.05) is 6.07 Å². The number of hydrogen-bond donors (Lipinski definition) is 1. The van der Waals surface area contributed by atoms with Crippen LogP contribution in [0.15, 0.2) is 40.9 Å². The monoisotopic (exact) mass is 336 g/mol. The summed E-state index contributed by atoms with van der Waals surface area (Å²) in [5, 5.41) is 13.8. The molecule has 1 N–H and O–H groups in total. The van der Waals surface area contributed by atoms with Crippen molar-refractivity contribution in [1.29, 1.82) is 0 Å². The summed E-state index contributed by atoms with van der Waals surface area (Å²) in [4.78, 5) is 20.3. The van der Waals surface area contributed by atoms with Gasteiger partial charge >= 0.3 is 5.97 Å². The average molecular weight is 336 g/mol. The summed E-state index contributed by atoms with van der Waals surface area (Å²) in [6.07, 6.45) is 1.52. The third-order valence-corrected chi connectivity index (χ3v) is 3.48. The summed E-state index contributed by atoms with van der Waals surface area (Å²) >= 11 is 0. The number of carbonyl (C=O) groups is 1. The number of nitrogens with one attached hydrogen (secondary N) is 1. The Morgan fingerprint density at radius 2 is 2.16 bits per heavy atom. The standard InChI is InChI=1S/C16H12N6O3/c1-2-24-16(23)12-8-10(5-6-17-12)15-18-11-7-9(3-4-13(11)25-15)14-19-21-22-20-14/h3-8H,2H2,1H3,(H,19,20,21,22). The van der Waals surface area contributed by atoms with Crippen LogP contribution in [0.25, 0.3) is 33.9 Å². The number of tetrazole rings is 1. The zero-order valence-corrected chi connectivity index (χ0v) is 13.1. The third-order valence-electron chi connectivity index (χ3n) is 3.48. The van der Waals surface area contributed by atoms with E-state index in [1.165, 1.54) is 6.20 Å². The van der Waals surface area contributed by atoms with Crippen LogP contribution < -0.4 is 0 Å². The Bertz CT molecular complexity index is 1040. The highest BCUT2D eigenvalue weighted by Crippen LogP contribution is 2.27. The molecule has 0 radical (unpaired) electrons. The molecular weight excluding hydrogens is 324 g/mol. The second-order valence-electron chi connectivity index (χ2n) is 5.09. The van der Waals surface area contributed by atoms with Gasteiger partial charge in [0.15, 0.2) is 5.58 Å². The van der Waals surface area contributed by atoms with Gasteiger partial charge in [-0.25, -0.2) is 14.8 Å². The lowest BCUT2D eigenvalue weighted by Crippen LogP contribution is -2.06. The normalized spacial score (nSPS) is 10.9. The van der Waals surface area contributed by atoms with Gasteiger partial charge in [-0.15, -0.1) is 10.2 Å². The highest BCUT2D eigenvalue weighted by molar-refractivity contribution is 5.89. The maximum Gasteiger partial charge on any atom is 0.356 e. The minimum Gasteiger partial charge on any atom is -0.461 e. The van der Waals surface area contributed by atoms with Gasteiger partial charge < -0.3 is 9.15 Å². The van der Waals surface area contributed by atoms with Crippen molar-refractivity contribution in [1.82, 2.24) is 30.6 Å². The molecule has 0 atom stereocenters. The van der Waals surface area contributed by atoms with Crippen molar-refractivity contribution < 1.29 is 13.9 Å². The van der Waals surface area contributed by atoms with E-state index in [4.69, 9.17) is 9.15 Å². The number of esters is 1. The second-order valence-corrected chi connectivity index (χ2v) is 5.09. The molecule has 4 aromatic rings. The van der Waals surface area contributed by atoms with Crippen molar-refractivity contribution in [2.24, 2.45) is 0 Å². The molecule has 0 aliphatic heterocycles. The van der Waals surface area contributed by atoms with E-state index >= 15 is 0 Å². The Morgan fingerprint density at radius 1 is 1.24 bits per heavy atom. The zero-order chi connectivity index (χ0) is 17.2. The number of aromatic amines is 1. The van der Waals surface area contributed by atoms with Crippen LogP contribution in [0.5, 0.6) is 0 Å². The van der Waals surface area contributed by atoms with Crippen molar-refractivity contribution in [3.05, 3.63) is 42.2 Å². The molecule has 3 heterocycles. The number of oxazole rings is 1. The molecule has 0 bridgehead atoms. The highest BCUT2D eigenvalue weighted by atomic mass is 16.5. The molecule has 3 aromatic heterocycles. The van der Waals surface area contributed by atoms with Crippen LogP contribution in [-0.2, 0) is 4.74 Å². The first-order valence-corrected chi connectivity index (χ1v) is 7.52. The van der Waals surface area contributed by atoms with E-state index in [9.17, 15) is 4.79 Å². The largest absolute Gasteiger partial charge is 0.461 e. The molecule has 0 amide bonds. The predicted molar refractivity (Wildman–Crippen MR) is 86.4 cm³/mol. The summed E-state index contributed by atoms with van der Waals surface area (Å²) in [6.45, 7) is 2.02. The highest BCUT2D eigenvalue weighted by Gasteiger charge is 2.14. The molecule has 0 saturated carbocycles. The number of hydrogen-bond acceptors (Lipinski definition) is 8. The van der Waals surface area contributed by atoms with E-state index in [0.29, 0.717) is 28.4 Å². The smallest absolute Gasteiger partial charge is 0.356 e. The molecule has 25 heavy (non-hydrogen) atoms. The first-order valence-electron chi connectivity index (χ1n) is 7.52. The number of fused-ring (bicyclic) bond motifs is 1.